The summed E-state index contributed by atoms with van der Waals surface area (Å²) in [5.41, 5.74) is 0.542. The number of fused-ring (bicyclic) bond motifs is 1. The van der Waals surface area contributed by atoms with Crippen molar-refractivity contribution in [2.45, 2.75) is 31.7 Å². The van der Waals surface area contributed by atoms with Gasteiger partial charge in [-0.05, 0) is 24.3 Å². The van der Waals surface area contributed by atoms with Crippen LogP contribution in [0.1, 0.15) is 36.2 Å². The fourth-order valence-electron chi connectivity index (χ4n) is 2.62. The van der Waals surface area contributed by atoms with E-state index in [1.165, 1.54) is 12.8 Å². The molecule has 92 valence electrons. The van der Waals surface area contributed by atoms with Gasteiger partial charge >= 0.3 is 0 Å². The molecule has 1 N–H and O–H groups in total. The lowest BCUT2D eigenvalue weighted by Gasteiger charge is -2.12. The number of hydrogen-bond donors (Lipinski definition) is 1. The van der Waals surface area contributed by atoms with Crippen LogP contribution < -0.4 is 5.32 Å². The molecule has 0 saturated heterocycles. The van der Waals surface area contributed by atoms with Crippen molar-refractivity contribution in [1.29, 1.82) is 0 Å². The molecule has 1 amide bonds. The minimum absolute atomic E-state index is 0.0429. The number of carbonyl (C=O) groups excluding carboxylic acids is 1. The Morgan fingerprint density at radius 3 is 2.78 bits per heavy atom. The van der Waals surface area contributed by atoms with Crippen molar-refractivity contribution in [2.75, 3.05) is 0 Å². The molecule has 1 fully saturated rings. The Labute approximate surface area is 106 Å². The van der Waals surface area contributed by atoms with Gasteiger partial charge in [0.05, 0.1) is 0 Å². The second kappa shape index (κ2) is 4.77. The van der Waals surface area contributed by atoms with E-state index >= 15 is 0 Å². The lowest BCUT2D eigenvalue weighted by Crippen LogP contribution is -2.33. The summed E-state index contributed by atoms with van der Waals surface area (Å²) in [5.74, 6) is -0.0429. The van der Waals surface area contributed by atoms with Gasteiger partial charge < -0.3 is 5.32 Å². The van der Waals surface area contributed by atoms with Crippen LogP contribution >= 0.6 is 0 Å². The number of amides is 1. The molecule has 3 heteroatoms. The smallest absolute Gasteiger partial charge is 0.270 e. The molecule has 0 aliphatic heterocycles. The lowest BCUT2D eigenvalue weighted by atomic mass is 10.1. The average molecular weight is 240 g/mol. The fourth-order valence-corrected chi connectivity index (χ4v) is 2.62. The molecule has 1 aliphatic carbocycles. The monoisotopic (exact) mass is 240 g/mol. The summed E-state index contributed by atoms with van der Waals surface area (Å²) in [5, 5.41) is 5.07. The molecule has 3 nitrogen and oxygen atoms in total. The Bertz CT molecular complexity index is 568. The molecule has 0 radical (unpaired) electrons. The minimum Gasteiger partial charge on any atom is -0.348 e. The SMILES string of the molecule is O=C(NC1CCCC1)c1nccc2ccccc12. The molecule has 2 aromatic rings. The Morgan fingerprint density at radius 2 is 1.94 bits per heavy atom. The number of nitrogens with zero attached hydrogens (tertiary/aromatic N) is 1. The Morgan fingerprint density at radius 1 is 1.17 bits per heavy atom. The standard InChI is InChI=1S/C15H16N2O/c18-15(17-12-6-2-3-7-12)14-13-8-4-1-5-11(13)9-10-16-14/h1,4-5,8-10,12H,2-3,6-7H2,(H,17,18). The average Bonchev–Trinajstić information content (AvgIpc) is 2.91. The number of aromatic nitrogens is 1. The number of carbonyl (C=O) groups is 1. The predicted octanol–water partition coefficient (Wildman–Crippen LogP) is 2.91. The molecule has 0 unspecified atom stereocenters. The van der Waals surface area contributed by atoms with E-state index in [-0.39, 0.29) is 5.91 Å². The summed E-state index contributed by atoms with van der Waals surface area (Å²) >= 11 is 0. The molecular weight excluding hydrogens is 224 g/mol. The first-order valence-corrected chi connectivity index (χ1v) is 6.49. The topological polar surface area (TPSA) is 42.0 Å². The lowest BCUT2D eigenvalue weighted by molar-refractivity contribution is 0.0934. The maximum Gasteiger partial charge on any atom is 0.270 e. The van der Waals surface area contributed by atoms with Crippen LogP contribution in [0.3, 0.4) is 0 Å². The summed E-state index contributed by atoms with van der Waals surface area (Å²) in [4.78, 5) is 16.5. The predicted molar refractivity (Wildman–Crippen MR) is 71.5 cm³/mol. The van der Waals surface area contributed by atoms with Crippen LogP contribution in [0, 0.1) is 0 Å². The Balaban J connectivity index is 1.91. The zero-order chi connectivity index (χ0) is 12.4. The van der Waals surface area contributed by atoms with Crippen molar-refractivity contribution in [3.05, 3.63) is 42.2 Å². The molecule has 1 saturated carbocycles. The Hall–Kier alpha value is -1.90. The van der Waals surface area contributed by atoms with Crippen molar-refractivity contribution >= 4 is 16.7 Å². The largest absolute Gasteiger partial charge is 0.348 e. The number of rotatable bonds is 2. The maximum atomic E-state index is 12.2. The van der Waals surface area contributed by atoms with E-state index < -0.39 is 0 Å². The first-order chi connectivity index (χ1) is 8.84. The molecule has 0 bridgehead atoms. The summed E-state index contributed by atoms with van der Waals surface area (Å²) in [6.45, 7) is 0. The van der Waals surface area contributed by atoms with Gasteiger partial charge in [0, 0.05) is 17.6 Å². The summed E-state index contributed by atoms with van der Waals surface area (Å²) in [6, 6.07) is 10.1. The van der Waals surface area contributed by atoms with Crippen LogP contribution in [0.2, 0.25) is 0 Å². The van der Waals surface area contributed by atoms with Gasteiger partial charge in [0.2, 0.25) is 0 Å². The first kappa shape index (κ1) is 11.2. The zero-order valence-corrected chi connectivity index (χ0v) is 10.2. The van der Waals surface area contributed by atoms with E-state index in [4.69, 9.17) is 0 Å². The van der Waals surface area contributed by atoms with Gasteiger partial charge in [-0.1, -0.05) is 37.1 Å². The van der Waals surface area contributed by atoms with Gasteiger partial charge in [-0.25, -0.2) is 0 Å². The van der Waals surface area contributed by atoms with E-state index in [9.17, 15) is 4.79 Å². The van der Waals surface area contributed by atoms with Crippen molar-refractivity contribution < 1.29 is 4.79 Å². The summed E-state index contributed by atoms with van der Waals surface area (Å²) < 4.78 is 0. The third kappa shape index (κ3) is 2.08. The van der Waals surface area contributed by atoms with Crippen molar-refractivity contribution in [2.24, 2.45) is 0 Å². The van der Waals surface area contributed by atoms with Crippen LogP contribution in [-0.2, 0) is 0 Å². The van der Waals surface area contributed by atoms with Gasteiger partial charge in [-0.2, -0.15) is 0 Å². The molecule has 1 aromatic heterocycles. The van der Waals surface area contributed by atoms with Gasteiger partial charge in [0.25, 0.3) is 5.91 Å². The van der Waals surface area contributed by atoms with E-state index in [1.807, 2.05) is 30.3 Å². The van der Waals surface area contributed by atoms with E-state index in [2.05, 4.69) is 10.3 Å². The highest BCUT2D eigenvalue weighted by Crippen LogP contribution is 2.20. The molecule has 1 heterocycles. The molecule has 1 aromatic carbocycles. The minimum atomic E-state index is -0.0429. The third-order valence-corrected chi connectivity index (χ3v) is 3.58. The molecule has 3 rings (SSSR count). The van der Waals surface area contributed by atoms with E-state index in [0.717, 1.165) is 23.6 Å². The highest BCUT2D eigenvalue weighted by Gasteiger charge is 2.19. The third-order valence-electron chi connectivity index (χ3n) is 3.58. The maximum absolute atomic E-state index is 12.2. The fraction of sp³-hybridized carbons (Fsp3) is 0.333. The molecule has 1 aliphatic rings. The van der Waals surface area contributed by atoms with E-state index in [1.54, 1.807) is 6.20 Å². The molecular formula is C15H16N2O. The normalized spacial score (nSPS) is 16.0. The second-order valence-electron chi connectivity index (χ2n) is 4.84. The van der Waals surface area contributed by atoms with Crippen LogP contribution in [0.4, 0.5) is 0 Å². The highest BCUT2D eigenvalue weighted by molar-refractivity contribution is 6.05. The van der Waals surface area contributed by atoms with E-state index in [0.29, 0.717) is 11.7 Å². The number of nitrogens with one attached hydrogen (secondary N) is 1. The number of hydrogen-bond acceptors (Lipinski definition) is 2. The van der Waals surface area contributed by atoms with Crippen molar-refractivity contribution in [1.82, 2.24) is 10.3 Å². The Kier molecular flexibility index (Phi) is 2.97. The molecule has 0 atom stereocenters. The molecule has 18 heavy (non-hydrogen) atoms. The quantitative estimate of drug-likeness (QED) is 0.877. The van der Waals surface area contributed by atoms with Gasteiger partial charge in [0.1, 0.15) is 5.69 Å². The summed E-state index contributed by atoms with van der Waals surface area (Å²) in [6.07, 6.45) is 6.32. The number of pyridine rings is 1. The van der Waals surface area contributed by atoms with Crippen LogP contribution in [-0.4, -0.2) is 16.9 Å². The van der Waals surface area contributed by atoms with Gasteiger partial charge in [-0.15, -0.1) is 0 Å². The van der Waals surface area contributed by atoms with Crippen LogP contribution in [0.5, 0.6) is 0 Å². The summed E-state index contributed by atoms with van der Waals surface area (Å²) in [7, 11) is 0. The van der Waals surface area contributed by atoms with Gasteiger partial charge in [-0.3, -0.25) is 9.78 Å². The zero-order valence-electron chi connectivity index (χ0n) is 10.2. The second-order valence-corrected chi connectivity index (χ2v) is 4.84. The van der Waals surface area contributed by atoms with Crippen molar-refractivity contribution in [3.8, 4) is 0 Å². The molecule has 0 spiro atoms. The van der Waals surface area contributed by atoms with Crippen LogP contribution in [0.25, 0.3) is 10.8 Å². The first-order valence-electron chi connectivity index (χ1n) is 6.49. The van der Waals surface area contributed by atoms with Crippen LogP contribution in [0.15, 0.2) is 36.5 Å². The van der Waals surface area contributed by atoms with Gasteiger partial charge in [0.15, 0.2) is 0 Å². The number of benzene rings is 1. The highest BCUT2D eigenvalue weighted by atomic mass is 16.1. The van der Waals surface area contributed by atoms with Crippen molar-refractivity contribution in [3.63, 3.8) is 0 Å².